The Hall–Kier alpha value is -3.70. The first-order chi connectivity index (χ1) is 21.6. The third kappa shape index (κ3) is 6.12. The number of hydrogen-bond acceptors (Lipinski definition) is 4. The van der Waals surface area contributed by atoms with E-state index in [1.165, 1.54) is 0 Å². The standard InChI is InChI=1S/C40H44O4/c1-29-26-37-36(39(29)43-28-30-18-21-35(42-2)22-19-30)23-20-31(38(37)27-41)24-25-44-40(32-12-6-3-7-13-32,33-14-8-4-9-15-33)34-16-10-5-11-17-34/h3-23,29,31,36-39,41H,24-28H2,1-2H3/t29-,31-,36+,37+,38+,39+/m1/s1. The highest BCUT2D eigenvalue weighted by Gasteiger charge is 2.47. The highest BCUT2D eigenvalue weighted by atomic mass is 16.5. The van der Waals surface area contributed by atoms with Gasteiger partial charge in [0.1, 0.15) is 11.4 Å². The van der Waals surface area contributed by atoms with Crippen LogP contribution in [0.2, 0.25) is 0 Å². The third-order valence-electron chi connectivity index (χ3n) is 9.88. The zero-order valence-corrected chi connectivity index (χ0v) is 25.8. The summed E-state index contributed by atoms with van der Waals surface area (Å²) in [5.74, 6) is 2.42. The summed E-state index contributed by atoms with van der Waals surface area (Å²) in [5, 5.41) is 10.7. The topological polar surface area (TPSA) is 47.9 Å². The van der Waals surface area contributed by atoms with Gasteiger partial charge < -0.3 is 19.3 Å². The molecular weight excluding hydrogens is 544 g/mol. The van der Waals surface area contributed by atoms with Crippen LogP contribution in [0.15, 0.2) is 127 Å². The Kier molecular flexibility index (Phi) is 9.61. The van der Waals surface area contributed by atoms with Gasteiger partial charge in [-0.1, -0.05) is 122 Å². The Morgan fingerprint density at radius 2 is 1.32 bits per heavy atom. The maximum Gasteiger partial charge on any atom is 0.143 e. The summed E-state index contributed by atoms with van der Waals surface area (Å²) in [7, 11) is 1.68. The molecule has 0 unspecified atom stereocenters. The van der Waals surface area contributed by atoms with Crippen LogP contribution in [0.4, 0.5) is 0 Å². The van der Waals surface area contributed by atoms with Crippen molar-refractivity contribution in [2.75, 3.05) is 20.3 Å². The Morgan fingerprint density at radius 3 is 1.84 bits per heavy atom. The van der Waals surface area contributed by atoms with Crippen LogP contribution in [0, 0.1) is 29.6 Å². The van der Waals surface area contributed by atoms with Crippen LogP contribution >= 0.6 is 0 Å². The highest BCUT2D eigenvalue weighted by Crippen LogP contribution is 2.49. The first-order valence-electron chi connectivity index (χ1n) is 16.0. The van der Waals surface area contributed by atoms with Gasteiger partial charge in [-0.05, 0) is 70.9 Å². The van der Waals surface area contributed by atoms with E-state index in [1.54, 1.807) is 7.11 Å². The first kappa shape index (κ1) is 30.3. The molecule has 2 aliphatic rings. The van der Waals surface area contributed by atoms with Crippen molar-refractivity contribution in [3.8, 4) is 5.75 Å². The highest BCUT2D eigenvalue weighted by molar-refractivity contribution is 5.47. The lowest BCUT2D eigenvalue weighted by atomic mass is 9.71. The molecule has 0 radical (unpaired) electrons. The summed E-state index contributed by atoms with van der Waals surface area (Å²) in [5.41, 5.74) is 3.74. The number of fused-ring (bicyclic) bond motifs is 1. The lowest BCUT2D eigenvalue weighted by Crippen LogP contribution is -2.37. The van der Waals surface area contributed by atoms with Crippen molar-refractivity contribution in [2.24, 2.45) is 29.6 Å². The minimum absolute atomic E-state index is 0.145. The Balaban J connectivity index is 1.20. The van der Waals surface area contributed by atoms with Gasteiger partial charge in [0.25, 0.3) is 0 Å². The van der Waals surface area contributed by atoms with Gasteiger partial charge in [-0.2, -0.15) is 0 Å². The van der Waals surface area contributed by atoms with E-state index in [9.17, 15) is 5.11 Å². The smallest absolute Gasteiger partial charge is 0.143 e. The molecule has 44 heavy (non-hydrogen) atoms. The second-order valence-corrected chi connectivity index (χ2v) is 12.4. The molecule has 0 aromatic heterocycles. The van der Waals surface area contributed by atoms with Crippen molar-refractivity contribution in [1.82, 2.24) is 0 Å². The van der Waals surface area contributed by atoms with Crippen LogP contribution in [0.3, 0.4) is 0 Å². The fraction of sp³-hybridized carbons (Fsp3) is 0.350. The second-order valence-electron chi connectivity index (χ2n) is 12.4. The van der Waals surface area contributed by atoms with Gasteiger partial charge >= 0.3 is 0 Å². The quantitative estimate of drug-likeness (QED) is 0.134. The molecule has 1 N–H and O–H groups in total. The molecule has 1 saturated carbocycles. The van der Waals surface area contributed by atoms with Crippen LogP contribution < -0.4 is 4.74 Å². The molecular formula is C40H44O4. The second kappa shape index (κ2) is 13.9. The van der Waals surface area contributed by atoms with Crippen molar-refractivity contribution in [3.63, 3.8) is 0 Å². The van der Waals surface area contributed by atoms with E-state index in [-0.39, 0.29) is 24.5 Å². The number of hydrogen-bond donors (Lipinski definition) is 1. The molecule has 4 heteroatoms. The van der Waals surface area contributed by atoms with E-state index in [2.05, 4.69) is 122 Å². The van der Waals surface area contributed by atoms with Gasteiger partial charge in [0.15, 0.2) is 0 Å². The average molecular weight is 589 g/mol. The summed E-state index contributed by atoms with van der Waals surface area (Å²) in [6, 6.07) is 39.7. The van der Waals surface area contributed by atoms with Crippen molar-refractivity contribution < 1.29 is 19.3 Å². The monoisotopic (exact) mass is 588 g/mol. The first-order valence-corrected chi connectivity index (χ1v) is 16.0. The van der Waals surface area contributed by atoms with E-state index >= 15 is 0 Å². The Morgan fingerprint density at radius 1 is 0.750 bits per heavy atom. The summed E-state index contributed by atoms with van der Waals surface area (Å²) >= 11 is 0. The van der Waals surface area contributed by atoms with E-state index in [1.807, 2.05) is 12.1 Å². The third-order valence-corrected chi connectivity index (χ3v) is 9.88. The van der Waals surface area contributed by atoms with Crippen LogP contribution in [-0.2, 0) is 21.7 Å². The summed E-state index contributed by atoms with van der Waals surface area (Å²) in [6.45, 7) is 3.62. The SMILES string of the molecule is COc1ccc(CO[C@@H]2[C@H]3C=C[C@H](CCOC(c4ccccc4)(c4ccccc4)c4ccccc4)[C@H](CO)[C@H]3C[C@H]2C)cc1. The number of aliphatic hydroxyl groups is 1. The maximum atomic E-state index is 10.7. The molecule has 228 valence electrons. The fourth-order valence-corrected chi connectivity index (χ4v) is 7.67. The van der Waals surface area contributed by atoms with Gasteiger partial charge in [0, 0.05) is 19.1 Å². The molecule has 0 heterocycles. The van der Waals surface area contributed by atoms with E-state index in [4.69, 9.17) is 14.2 Å². The molecule has 4 nitrogen and oxygen atoms in total. The van der Waals surface area contributed by atoms with Gasteiger partial charge in [0.05, 0.1) is 19.8 Å². The van der Waals surface area contributed by atoms with Crippen LogP contribution in [0.5, 0.6) is 5.75 Å². The van der Waals surface area contributed by atoms with Crippen molar-refractivity contribution in [2.45, 2.75) is 38.1 Å². The maximum absolute atomic E-state index is 10.7. The van der Waals surface area contributed by atoms with E-state index < -0.39 is 5.60 Å². The average Bonchev–Trinajstić information content (AvgIpc) is 3.41. The Bertz CT molecular complexity index is 1370. The van der Waals surface area contributed by atoms with E-state index in [0.717, 1.165) is 40.8 Å². The number of aliphatic hydroxyl groups excluding tert-OH is 1. The van der Waals surface area contributed by atoms with Crippen LogP contribution in [0.1, 0.15) is 42.0 Å². The normalized spacial score (nSPS) is 24.6. The van der Waals surface area contributed by atoms with Crippen molar-refractivity contribution in [1.29, 1.82) is 0 Å². The molecule has 4 aromatic rings. The lowest BCUT2D eigenvalue weighted by Gasteiger charge is -2.39. The Labute approximate surface area is 262 Å². The largest absolute Gasteiger partial charge is 0.497 e. The predicted molar refractivity (Wildman–Crippen MR) is 175 cm³/mol. The molecule has 1 fully saturated rings. The summed E-state index contributed by atoms with van der Waals surface area (Å²) in [6.07, 6.45) is 6.76. The molecule has 0 bridgehead atoms. The molecule has 0 amide bonds. The number of rotatable bonds is 12. The number of allylic oxidation sites excluding steroid dienone is 1. The van der Waals surface area contributed by atoms with E-state index in [0.29, 0.717) is 31.0 Å². The summed E-state index contributed by atoms with van der Waals surface area (Å²) in [4.78, 5) is 0. The molecule has 6 atom stereocenters. The molecule has 0 aliphatic heterocycles. The van der Waals surface area contributed by atoms with Gasteiger partial charge in [-0.3, -0.25) is 0 Å². The fourth-order valence-electron chi connectivity index (χ4n) is 7.67. The molecule has 6 rings (SSSR count). The minimum Gasteiger partial charge on any atom is -0.497 e. The van der Waals surface area contributed by atoms with Crippen molar-refractivity contribution in [3.05, 3.63) is 150 Å². The summed E-state index contributed by atoms with van der Waals surface area (Å²) < 4.78 is 18.9. The van der Waals surface area contributed by atoms with Gasteiger partial charge in [-0.15, -0.1) is 0 Å². The number of ether oxygens (including phenoxy) is 3. The molecule has 0 saturated heterocycles. The van der Waals surface area contributed by atoms with Crippen LogP contribution in [0.25, 0.3) is 0 Å². The lowest BCUT2D eigenvalue weighted by molar-refractivity contribution is -0.0161. The van der Waals surface area contributed by atoms with Crippen molar-refractivity contribution >= 4 is 0 Å². The van der Waals surface area contributed by atoms with Gasteiger partial charge in [0.2, 0.25) is 0 Å². The zero-order chi connectivity index (χ0) is 30.4. The molecule has 0 spiro atoms. The van der Waals surface area contributed by atoms with Crippen LogP contribution in [-0.4, -0.2) is 31.5 Å². The van der Waals surface area contributed by atoms with Gasteiger partial charge in [-0.25, -0.2) is 0 Å². The zero-order valence-electron chi connectivity index (χ0n) is 25.8. The molecule has 4 aromatic carbocycles. The number of methoxy groups -OCH3 is 1. The number of benzene rings is 4. The predicted octanol–water partition coefficient (Wildman–Crippen LogP) is 8.05. The minimum atomic E-state index is -0.734. The molecule has 2 aliphatic carbocycles.